The fourth-order valence-electron chi connectivity index (χ4n) is 3.59. The van der Waals surface area contributed by atoms with Crippen molar-refractivity contribution in [1.29, 1.82) is 0 Å². The van der Waals surface area contributed by atoms with E-state index in [1.807, 2.05) is 36.4 Å². The van der Waals surface area contributed by atoms with Crippen LogP contribution in [-0.2, 0) is 29.3 Å². The lowest BCUT2D eigenvalue weighted by atomic mass is 10.1. The molecule has 0 saturated carbocycles. The predicted molar refractivity (Wildman–Crippen MR) is 111 cm³/mol. The summed E-state index contributed by atoms with van der Waals surface area (Å²) < 4.78 is 5.42. The third kappa shape index (κ3) is 3.48. The number of rotatable bonds is 4. The molecule has 8 heteroatoms. The third-order valence-electron chi connectivity index (χ3n) is 5.15. The summed E-state index contributed by atoms with van der Waals surface area (Å²) in [6.07, 6.45) is 3.19. The molecule has 2 aliphatic rings. The van der Waals surface area contributed by atoms with Gasteiger partial charge in [0.05, 0.1) is 43.2 Å². The molecule has 0 bridgehead atoms. The van der Waals surface area contributed by atoms with E-state index in [4.69, 9.17) is 4.74 Å². The number of anilines is 3. The third-order valence-corrected chi connectivity index (χ3v) is 5.15. The lowest BCUT2D eigenvalue weighted by Crippen LogP contribution is -2.40. The monoisotopic (exact) mass is 401 g/mol. The molecular formula is C22H19N5O3. The Labute approximate surface area is 172 Å². The molecule has 3 aromatic rings. The van der Waals surface area contributed by atoms with Crippen molar-refractivity contribution in [3.05, 3.63) is 77.2 Å². The molecule has 0 fully saturated rings. The van der Waals surface area contributed by atoms with E-state index >= 15 is 0 Å². The fraction of sp³-hybridized carbons (Fsp3) is 0.182. The number of fused-ring (bicyclic) bond motifs is 2. The van der Waals surface area contributed by atoms with Crippen LogP contribution >= 0.6 is 0 Å². The first-order valence-electron chi connectivity index (χ1n) is 9.62. The maximum Gasteiger partial charge on any atom is 0.257 e. The van der Waals surface area contributed by atoms with E-state index in [-0.39, 0.29) is 18.4 Å². The highest BCUT2D eigenvalue weighted by Crippen LogP contribution is 2.30. The smallest absolute Gasteiger partial charge is 0.257 e. The Hall–Kier alpha value is -3.78. The molecule has 4 heterocycles. The molecule has 0 aliphatic carbocycles. The van der Waals surface area contributed by atoms with E-state index in [0.717, 1.165) is 16.8 Å². The zero-order valence-electron chi connectivity index (χ0n) is 16.1. The lowest BCUT2D eigenvalue weighted by molar-refractivity contribution is -0.117. The van der Waals surface area contributed by atoms with Crippen LogP contribution in [0.25, 0.3) is 0 Å². The Morgan fingerprint density at radius 3 is 2.90 bits per heavy atom. The molecule has 1 aromatic carbocycles. The first-order valence-corrected chi connectivity index (χ1v) is 9.62. The van der Waals surface area contributed by atoms with Crippen LogP contribution < -0.4 is 15.5 Å². The highest BCUT2D eigenvalue weighted by atomic mass is 16.5. The van der Waals surface area contributed by atoms with Gasteiger partial charge < -0.3 is 20.3 Å². The summed E-state index contributed by atoms with van der Waals surface area (Å²) in [5, 5.41) is 5.90. The average molecular weight is 401 g/mol. The minimum Gasteiger partial charge on any atom is -0.372 e. The summed E-state index contributed by atoms with van der Waals surface area (Å²) in [5.41, 5.74) is 4.60. The van der Waals surface area contributed by atoms with Gasteiger partial charge in [-0.15, -0.1) is 0 Å². The van der Waals surface area contributed by atoms with Gasteiger partial charge in [-0.3, -0.25) is 14.6 Å². The molecule has 30 heavy (non-hydrogen) atoms. The molecule has 150 valence electrons. The predicted octanol–water partition coefficient (Wildman–Crippen LogP) is 2.72. The van der Waals surface area contributed by atoms with Gasteiger partial charge in [-0.2, -0.15) is 0 Å². The quantitative estimate of drug-likeness (QED) is 0.698. The van der Waals surface area contributed by atoms with E-state index in [9.17, 15) is 9.59 Å². The van der Waals surface area contributed by atoms with Gasteiger partial charge >= 0.3 is 0 Å². The minimum absolute atomic E-state index is 0.105. The molecule has 2 N–H and O–H groups in total. The van der Waals surface area contributed by atoms with Crippen LogP contribution in [0.2, 0.25) is 0 Å². The number of amides is 2. The van der Waals surface area contributed by atoms with Crippen molar-refractivity contribution in [2.45, 2.75) is 19.8 Å². The summed E-state index contributed by atoms with van der Waals surface area (Å²) in [7, 11) is 0. The molecule has 2 aromatic heterocycles. The Balaban J connectivity index is 1.40. The minimum atomic E-state index is -0.292. The number of carbonyl (C=O) groups is 2. The molecule has 2 aliphatic heterocycles. The Kier molecular flexibility index (Phi) is 4.61. The fourth-order valence-corrected chi connectivity index (χ4v) is 3.59. The standard InChI is InChI=1S/C22H19N5O3/c28-20-10-25-21-19(27(20)11-18-3-1-2-6-23-18)8-15(9-24-21)22(29)26-17-5-4-14-12-30-13-16(14)7-17/h1-9H,10-13H2,(H,24,25)(H,26,29). The highest BCUT2D eigenvalue weighted by Gasteiger charge is 2.26. The van der Waals surface area contributed by atoms with Crippen LogP contribution in [0.3, 0.4) is 0 Å². The first kappa shape index (κ1) is 18.3. The summed E-state index contributed by atoms with van der Waals surface area (Å²) in [5.74, 6) is 0.169. The molecule has 0 atom stereocenters. The van der Waals surface area contributed by atoms with Gasteiger partial charge in [-0.05, 0) is 41.5 Å². The maximum atomic E-state index is 12.8. The zero-order valence-corrected chi connectivity index (χ0v) is 16.1. The second-order valence-corrected chi connectivity index (χ2v) is 7.18. The van der Waals surface area contributed by atoms with E-state index in [2.05, 4.69) is 20.6 Å². The van der Waals surface area contributed by atoms with Gasteiger partial charge in [-0.1, -0.05) is 12.1 Å². The largest absolute Gasteiger partial charge is 0.372 e. The van der Waals surface area contributed by atoms with Gasteiger partial charge in [0.15, 0.2) is 5.82 Å². The number of ether oxygens (including phenoxy) is 1. The van der Waals surface area contributed by atoms with Crippen molar-refractivity contribution in [3.8, 4) is 0 Å². The van der Waals surface area contributed by atoms with Gasteiger partial charge in [0, 0.05) is 18.1 Å². The molecule has 5 rings (SSSR count). The second-order valence-electron chi connectivity index (χ2n) is 7.18. The SMILES string of the molecule is O=C(Nc1ccc2c(c1)COC2)c1cnc2c(c1)N(Cc1ccccn1)C(=O)CN2. The van der Waals surface area contributed by atoms with Crippen LogP contribution in [0, 0.1) is 0 Å². The first-order chi connectivity index (χ1) is 14.7. The molecule has 0 saturated heterocycles. The Morgan fingerprint density at radius 1 is 1.13 bits per heavy atom. The number of benzene rings is 1. The van der Waals surface area contributed by atoms with Crippen LogP contribution in [0.5, 0.6) is 0 Å². The van der Waals surface area contributed by atoms with Crippen LogP contribution in [-0.4, -0.2) is 28.3 Å². The zero-order chi connectivity index (χ0) is 20.5. The highest BCUT2D eigenvalue weighted by molar-refractivity contribution is 6.07. The van der Waals surface area contributed by atoms with E-state index < -0.39 is 0 Å². The van der Waals surface area contributed by atoms with Gasteiger partial charge in [-0.25, -0.2) is 4.98 Å². The van der Waals surface area contributed by atoms with Gasteiger partial charge in [0.1, 0.15) is 0 Å². The van der Waals surface area contributed by atoms with Gasteiger partial charge in [0.2, 0.25) is 5.91 Å². The molecular weight excluding hydrogens is 382 g/mol. The number of aromatic nitrogens is 2. The summed E-state index contributed by atoms with van der Waals surface area (Å²) in [6, 6.07) is 13.0. The number of nitrogens with one attached hydrogen (secondary N) is 2. The summed E-state index contributed by atoms with van der Waals surface area (Å²) >= 11 is 0. The van der Waals surface area contributed by atoms with Crippen molar-refractivity contribution < 1.29 is 14.3 Å². The van der Waals surface area contributed by atoms with Crippen LogP contribution in [0.4, 0.5) is 17.2 Å². The van der Waals surface area contributed by atoms with E-state index in [1.165, 1.54) is 6.20 Å². The molecule has 2 amide bonds. The maximum absolute atomic E-state index is 12.8. The van der Waals surface area contributed by atoms with E-state index in [0.29, 0.717) is 42.5 Å². The topological polar surface area (TPSA) is 96.4 Å². The normalized spacial score (nSPS) is 14.7. The molecule has 0 radical (unpaired) electrons. The van der Waals surface area contributed by atoms with Crippen LogP contribution in [0.15, 0.2) is 54.9 Å². The van der Waals surface area contributed by atoms with Crippen LogP contribution in [0.1, 0.15) is 27.2 Å². The van der Waals surface area contributed by atoms with Crippen molar-refractivity contribution >= 4 is 29.0 Å². The molecule has 0 unspecified atom stereocenters. The van der Waals surface area contributed by atoms with E-state index in [1.54, 1.807) is 17.2 Å². The van der Waals surface area contributed by atoms with Crippen molar-refractivity contribution in [1.82, 2.24) is 9.97 Å². The Bertz CT molecular complexity index is 1130. The van der Waals surface area contributed by atoms with Crippen molar-refractivity contribution in [2.24, 2.45) is 0 Å². The summed E-state index contributed by atoms with van der Waals surface area (Å²) in [4.78, 5) is 35.6. The molecule has 0 spiro atoms. The molecule has 8 nitrogen and oxygen atoms in total. The van der Waals surface area contributed by atoms with Crippen molar-refractivity contribution in [2.75, 3.05) is 22.1 Å². The number of carbonyl (C=O) groups excluding carboxylic acids is 2. The number of hydrogen-bond donors (Lipinski definition) is 2. The number of pyridine rings is 2. The summed E-state index contributed by atoms with van der Waals surface area (Å²) in [6.45, 7) is 1.61. The number of hydrogen-bond acceptors (Lipinski definition) is 6. The average Bonchev–Trinajstić information content (AvgIpc) is 3.24. The lowest BCUT2D eigenvalue weighted by Gasteiger charge is -2.29. The Morgan fingerprint density at radius 2 is 2.03 bits per heavy atom. The van der Waals surface area contributed by atoms with Gasteiger partial charge in [0.25, 0.3) is 5.91 Å². The van der Waals surface area contributed by atoms with Crippen molar-refractivity contribution in [3.63, 3.8) is 0 Å². The second kappa shape index (κ2) is 7.57. The number of nitrogens with zero attached hydrogens (tertiary/aromatic N) is 3.